The maximum atomic E-state index is 11.9. The van der Waals surface area contributed by atoms with E-state index < -0.39 is 6.09 Å². The van der Waals surface area contributed by atoms with E-state index in [1.807, 2.05) is 42.5 Å². The molecule has 4 heteroatoms. The summed E-state index contributed by atoms with van der Waals surface area (Å²) in [5, 5.41) is 4.62. The summed E-state index contributed by atoms with van der Waals surface area (Å²) in [6.07, 6.45) is 2.91. The molecule has 1 aromatic heterocycles. The van der Waals surface area contributed by atoms with Gasteiger partial charge in [0.15, 0.2) is 0 Å². The minimum atomic E-state index is -0.521. The number of rotatable bonds is 2. The van der Waals surface area contributed by atoms with Crippen LogP contribution in [0.1, 0.15) is 0 Å². The Morgan fingerprint density at radius 2 is 1.85 bits per heavy atom. The van der Waals surface area contributed by atoms with Crippen molar-refractivity contribution in [3.8, 4) is 5.75 Å². The van der Waals surface area contributed by atoms with Crippen LogP contribution in [-0.4, -0.2) is 11.1 Å². The maximum absolute atomic E-state index is 11.9. The molecule has 2 aromatic carbocycles. The monoisotopic (exact) mass is 264 g/mol. The summed E-state index contributed by atoms with van der Waals surface area (Å²) in [6, 6.07) is 16.5. The topological polar surface area (TPSA) is 51.2 Å². The number of pyridine rings is 1. The number of benzene rings is 2. The van der Waals surface area contributed by atoms with Gasteiger partial charge in [-0.15, -0.1) is 0 Å². The molecule has 1 heterocycles. The van der Waals surface area contributed by atoms with E-state index in [0.717, 1.165) is 10.8 Å². The van der Waals surface area contributed by atoms with Crippen molar-refractivity contribution in [2.24, 2.45) is 0 Å². The normalized spacial score (nSPS) is 10.2. The minimum absolute atomic E-state index is 0.503. The number of fused-ring (bicyclic) bond motifs is 1. The minimum Gasteiger partial charge on any atom is -0.410 e. The average Bonchev–Trinajstić information content (AvgIpc) is 2.48. The van der Waals surface area contributed by atoms with E-state index in [1.165, 1.54) is 0 Å². The number of hydrogen-bond donors (Lipinski definition) is 1. The van der Waals surface area contributed by atoms with Crippen molar-refractivity contribution in [3.63, 3.8) is 0 Å². The van der Waals surface area contributed by atoms with Crippen LogP contribution >= 0.6 is 0 Å². The standard InChI is InChI=1S/C16H12N2O2/c19-16(20-13-6-2-1-3-7-13)18-15-8-4-5-12-9-10-17-11-14(12)15/h1-11H,(H,18,19). The highest BCUT2D eigenvalue weighted by Gasteiger charge is 2.07. The van der Waals surface area contributed by atoms with E-state index in [9.17, 15) is 4.79 Å². The van der Waals surface area contributed by atoms with Gasteiger partial charge in [-0.05, 0) is 29.7 Å². The third-order valence-corrected chi connectivity index (χ3v) is 2.87. The summed E-state index contributed by atoms with van der Waals surface area (Å²) in [6.45, 7) is 0. The van der Waals surface area contributed by atoms with Gasteiger partial charge in [0.25, 0.3) is 0 Å². The predicted molar refractivity (Wildman–Crippen MR) is 77.8 cm³/mol. The van der Waals surface area contributed by atoms with Crippen molar-refractivity contribution in [2.45, 2.75) is 0 Å². The second kappa shape index (κ2) is 5.40. The zero-order valence-corrected chi connectivity index (χ0v) is 10.6. The quantitative estimate of drug-likeness (QED) is 0.765. The Bertz CT molecular complexity index is 736. The molecule has 0 aliphatic heterocycles. The molecule has 1 amide bonds. The third-order valence-electron chi connectivity index (χ3n) is 2.87. The molecule has 0 unspecified atom stereocenters. The van der Waals surface area contributed by atoms with Gasteiger partial charge in [-0.2, -0.15) is 0 Å². The van der Waals surface area contributed by atoms with Crippen molar-refractivity contribution < 1.29 is 9.53 Å². The summed E-state index contributed by atoms with van der Waals surface area (Å²) in [5.74, 6) is 0.503. The molecule has 0 fully saturated rings. The van der Waals surface area contributed by atoms with Crippen molar-refractivity contribution in [1.29, 1.82) is 0 Å². The summed E-state index contributed by atoms with van der Waals surface area (Å²) >= 11 is 0. The molecule has 0 saturated heterocycles. The summed E-state index contributed by atoms with van der Waals surface area (Å²) in [4.78, 5) is 15.9. The number of nitrogens with zero attached hydrogens (tertiary/aromatic N) is 1. The van der Waals surface area contributed by atoms with Crippen molar-refractivity contribution in [1.82, 2.24) is 4.98 Å². The van der Waals surface area contributed by atoms with Crippen LogP contribution in [0.2, 0.25) is 0 Å². The number of aromatic nitrogens is 1. The van der Waals surface area contributed by atoms with Crippen molar-refractivity contribution in [3.05, 3.63) is 67.0 Å². The fourth-order valence-electron chi connectivity index (χ4n) is 1.95. The Labute approximate surface area is 116 Å². The molecule has 20 heavy (non-hydrogen) atoms. The highest BCUT2D eigenvalue weighted by molar-refractivity contribution is 6.00. The van der Waals surface area contributed by atoms with Gasteiger partial charge in [-0.1, -0.05) is 30.3 Å². The fraction of sp³-hybridized carbons (Fsp3) is 0. The number of ether oxygens (including phenoxy) is 1. The van der Waals surface area contributed by atoms with E-state index in [4.69, 9.17) is 4.74 Å². The maximum Gasteiger partial charge on any atom is 0.417 e. The molecular formula is C16H12N2O2. The van der Waals surface area contributed by atoms with Crippen LogP contribution < -0.4 is 10.1 Å². The second-order valence-electron chi connectivity index (χ2n) is 4.23. The largest absolute Gasteiger partial charge is 0.417 e. The molecule has 3 rings (SSSR count). The molecule has 98 valence electrons. The number of amides is 1. The highest BCUT2D eigenvalue weighted by atomic mass is 16.6. The predicted octanol–water partition coefficient (Wildman–Crippen LogP) is 3.85. The average molecular weight is 264 g/mol. The first kappa shape index (κ1) is 12.2. The number of carbonyl (C=O) groups is 1. The second-order valence-corrected chi connectivity index (χ2v) is 4.23. The Morgan fingerprint density at radius 3 is 2.70 bits per heavy atom. The summed E-state index contributed by atoms with van der Waals surface area (Å²) in [5.41, 5.74) is 0.677. The van der Waals surface area contributed by atoms with E-state index >= 15 is 0 Å². The smallest absolute Gasteiger partial charge is 0.410 e. The third kappa shape index (κ3) is 2.59. The molecule has 0 spiro atoms. The Balaban J connectivity index is 1.81. The van der Waals surface area contributed by atoms with Crippen LogP contribution in [0.4, 0.5) is 10.5 Å². The molecule has 0 radical (unpaired) electrons. The lowest BCUT2D eigenvalue weighted by Gasteiger charge is -2.08. The van der Waals surface area contributed by atoms with Crippen molar-refractivity contribution >= 4 is 22.6 Å². The Kier molecular flexibility index (Phi) is 3.29. The number of carbonyl (C=O) groups excluding carboxylic acids is 1. The lowest BCUT2D eigenvalue weighted by molar-refractivity contribution is 0.215. The van der Waals surface area contributed by atoms with Gasteiger partial charge in [0, 0.05) is 17.8 Å². The lowest BCUT2D eigenvalue weighted by Crippen LogP contribution is -2.16. The zero-order chi connectivity index (χ0) is 13.8. The van der Waals surface area contributed by atoms with Gasteiger partial charge in [0.05, 0.1) is 5.69 Å². The Hall–Kier alpha value is -2.88. The SMILES string of the molecule is O=C(Nc1cccc2ccncc12)Oc1ccccc1. The lowest BCUT2D eigenvalue weighted by atomic mass is 10.1. The van der Waals surface area contributed by atoms with Gasteiger partial charge in [-0.25, -0.2) is 4.79 Å². The van der Waals surface area contributed by atoms with Gasteiger partial charge < -0.3 is 4.74 Å². The van der Waals surface area contributed by atoms with E-state index in [0.29, 0.717) is 11.4 Å². The number of para-hydroxylation sites is 1. The molecule has 1 N–H and O–H groups in total. The number of nitrogens with one attached hydrogen (secondary N) is 1. The van der Waals surface area contributed by atoms with Crippen molar-refractivity contribution in [2.75, 3.05) is 5.32 Å². The van der Waals surface area contributed by atoms with Crippen LogP contribution in [0.3, 0.4) is 0 Å². The molecule has 3 aromatic rings. The van der Waals surface area contributed by atoms with E-state index in [-0.39, 0.29) is 0 Å². The van der Waals surface area contributed by atoms with Crippen LogP contribution in [-0.2, 0) is 0 Å². The number of hydrogen-bond acceptors (Lipinski definition) is 3. The van der Waals surface area contributed by atoms with Crippen LogP contribution in [0.15, 0.2) is 67.0 Å². The van der Waals surface area contributed by atoms with Gasteiger partial charge in [0.2, 0.25) is 0 Å². The van der Waals surface area contributed by atoms with Crippen LogP contribution in [0.25, 0.3) is 10.8 Å². The zero-order valence-electron chi connectivity index (χ0n) is 10.6. The van der Waals surface area contributed by atoms with Gasteiger partial charge in [-0.3, -0.25) is 10.3 Å². The van der Waals surface area contributed by atoms with Crippen LogP contribution in [0.5, 0.6) is 5.75 Å². The molecule has 0 atom stereocenters. The molecule has 0 aliphatic rings. The van der Waals surface area contributed by atoms with Gasteiger partial charge >= 0.3 is 6.09 Å². The summed E-state index contributed by atoms with van der Waals surface area (Å²) < 4.78 is 5.20. The highest BCUT2D eigenvalue weighted by Crippen LogP contribution is 2.22. The number of anilines is 1. The summed E-state index contributed by atoms with van der Waals surface area (Å²) in [7, 11) is 0. The molecule has 0 aliphatic carbocycles. The molecular weight excluding hydrogens is 252 g/mol. The van der Waals surface area contributed by atoms with Gasteiger partial charge in [0.1, 0.15) is 5.75 Å². The van der Waals surface area contributed by atoms with Crippen LogP contribution in [0, 0.1) is 0 Å². The Morgan fingerprint density at radius 1 is 1.00 bits per heavy atom. The molecule has 0 bridgehead atoms. The first-order chi connectivity index (χ1) is 9.83. The molecule has 4 nitrogen and oxygen atoms in total. The van der Waals surface area contributed by atoms with E-state index in [2.05, 4.69) is 10.3 Å². The first-order valence-corrected chi connectivity index (χ1v) is 6.19. The first-order valence-electron chi connectivity index (χ1n) is 6.19. The van der Waals surface area contributed by atoms with E-state index in [1.54, 1.807) is 24.5 Å². The molecule has 0 saturated carbocycles. The fourth-order valence-corrected chi connectivity index (χ4v) is 1.95.